The number of thiazole rings is 1. The molecule has 4 aromatic rings. The maximum atomic E-state index is 13.7. The van der Waals surface area contributed by atoms with Gasteiger partial charge >= 0.3 is 6.09 Å². The maximum absolute atomic E-state index is 13.7. The van der Waals surface area contributed by atoms with Crippen molar-refractivity contribution < 1.29 is 23.1 Å². The van der Waals surface area contributed by atoms with Crippen LogP contribution in [0.1, 0.15) is 24.3 Å². The first kappa shape index (κ1) is 28.6. The lowest BCUT2D eigenvalue weighted by Crippen LogP contribution is -2.51. The normalized spacial score (nSPS) is 13.6. The van der Waals surface area contributed by atoms with Crippen molar-refractivity contribution >= 4 is 44.2 Å². The Kier molecular flexibility index (Phi) is 9.23. The molecule has 1 amide bonds. The Morgan fingerprint density at radius 1 is 1.18 bits per heavy atom. The second kappa shape index (κ2) is 12.6. The topological polar surface area (TPSA) is 151 Å². The average Bonchev–Trinajstić information content (AvgIpc) is 3.55. The second-order valence-corrected chi connectivity index (χ2v) is 12.7. The van der Waals surface area contributed by atoms with Crippen LogP contribution in [0.15, 0.2) is 71.2 Å². The summed E-state index contributed by atoms with van der Waals surface area (Å²) in [5.74, 6) is 0.424. The highest BCUT2D eigenvalue weighted by Crippen LogP contribution is 2.24. The number of hydrogen-bond donors (Lipinski definition) is 4. The summed E-state index contributed by atoms with van der Waals surface area (Å²) in [6.45, 7) is 3.81. The smallest absolute Gasteiger partial charge is 0.407 e. The summed E-state index contributed by atoms with van der Waals surface area (Å²) in [6, 6.07) is 15.0. The standard InChI is InChI=1S/C27H33N5O5S2/c1-18(2)14-32(39(35,36)22-9-8-20-11-26(28)30-23(20)12-22)15-25(33)24(10-19-6-4-3-5-7-19)31-27(34)37-16-21-13-29-17-38-21/h3-9,11-13,17-18,24-25,30,33H,10,14-16,28H2,1-2H3,(H,31,34)/t24-,25+/m1/s1. The Hall–Kier alpha value is -3.45. The molecule has 0 radical (unpaired) electrons. The molecule has 4 rings (SSSR count). The molecule has 39 heavy (non-hydrogen) atoms. The molecule has 0 unspecified atom stereocenters. The number of benzene rings is 2. The van der Waals surface area contributed by atoms with Gasteiger partial charge in [-0.2, -0.15) is 4.31 Å². The number of nitrogens with zero attached hydrogens (tertiary/aromatic N) is 2. The minimum Gasteiger partial charge on any atom is -0.444 e. The largest absolute Gasteiger partial charge is 0.444 e. The zero-order valence-electron chi connectivity index (χ0n) is 21.8. The van der Waals surface area contributed by atoms with Gasteiger partial charge in [0.15, 0.2) is 0 Å². The molecule has 10 nitrogen and oxygen atoms in total. The monoisotopic (exact) mass is 571 g/mol. The van der Waals surface area contributed by atoms with Crippen LogP contribution in [0.25, 0.3) is 10.9 Å². The lowest BCUT2D eigenvalue weighted by molar-refractivity contribution is 0.0876. The molecule has 0 saturated heterocycles. The number of nitrogen functional groups attached to an aromatic ring is 1. The van der Waals surface area contributed by atoms with Crippen LogP contribution in [-0.2, 0) is 27.8 Å². The number of hydrogen-bond acceptors (Lipinski definition) is 8. The van der Waals surface area contributed by atoms with Gasteiger partial charge in [0.2, 0.25) is 10.0 Å². The number of sulfonamides is 1. The lowest BCUT2D eigenvalue weighted by atomic mass is 10.0. The zero-order valence-corrected chi connectivity index (χ0v) is 23.4. The van der Waals surface area contributed by atoms with E-state index in [2.05, 4.69) is 15.3 Å². The van der Waals surface area contributed by atoms with Crippen LogP contribution in [-0.4, -0.2) is 59.1 Å². The summed E-state index contributed by atoms with van der Waals surface area (Å²) in [4.78, 5) is 20.4. The summed E-state index contributed by atoms with van der Waals surface area (Å²) in [7, 11) is -3.99. The summed E-state index contributed by atoms with van der Waals surface area (Å²) in [6.07, 6.45) is -0.0427. The molecule has 0 spiro atoms. The molecule has 2 aromatic carbocycles. The van der Waals surface area contributed by atoms with Crippen LogP contribution >= 0.6 is 11.3 Å². The van der Waals surface area contributed by atoms with Crippen molar-refractivity contribution in [3.63, 3.8) is 0 Å². The van der Waals surface area contributed by atoms with E-state index in [4.69, 9.17) is 10.5 Å². The highest BCUT2D eigenvalue weighted by molar-refractivity contribution is 7.89. The van der Waals surface area contributed by atoms with Crippen molar-refractivity contribution in [1.82, 2.24) is 19.6 Å². The van der Waals surface area contributed by atoms with Crippen molar-refractivity contribution in [2.24, 2.45) is 5.92 Å². The molecule has 2 atom stereocenters. The minimum absolute atomic E-state index is 0.0123. The van der Waals surface area contributed by atoms with E-state index in [1.807, 2.05) is 44.2 Å². The van der Waals surface area contributed by atoms with Gasteiger partial charge in [0.05, 0.1) is 27.4 Å². The molecular formula is C27H33N5O5S2. The van der Waals surface area contributed by atoms with E-state index in [1.165, 1.54) is 27.8 Å². The highest BCUT2D eigenvalue weighted by Gasteiger charge is 2.32. The van der Waals surface area contributed by atoms with Crippen molar-refractivity contribution in [2.45, 2.75) is 43.9 Å². The van der Waals surface area contributed by atoms with Crippen molar-refractivity contribution in [3.8, 4) is 0 Å². The van der Waals surface area contributed by atoms with Gasteiger partial charge in [0.1, 0.15) is 12.4 Å². The Balaban J connectivity index is 1.55. The molecule has 12 heteroatoms. The minimum atomic E-state index is -3.99. The van der Waals surface area contributed by atoms with Gasteiger partial charge in [-0.3, -0.25) is 4.98 Å². The Morgan fingerprint density at radius 2 is 1.95 bits per heavy atom. The molecule has 2 aromatic heterocycles. The number of carbonyl (C=O) groups excluding carboxylic acids is 1. The Labute approximate surface area is 231 Å². The molecular weight excluding hydrogens is 538 g/mol. The van der Waals surface area contributed by atoms with E-state index in [1.54, 1.807) is 23.8 Å². The molecule has 0 aliphatic rings. The third kappa shape index (κ3) is 7.57. The van der Waals surface area contributed by atoms with Crippen LogP contribution in [0.2, 0.25) is 0 Å². The number of carbonyl (C=O) groups is 1. The van der Waals surface area contributed by atoms with Crippen LogP contribution in [0.5, 0.6) is 0 Å². The van der Waals surface area contributed by atoms with E-state index >= 15 is 0 Å². The quantitative estimate of drug-likeness (QED) is 0.202. The number of aliphatic hydroxyl groups excluding tert-OH is 1. The number of aromatic amines is 1. The number of ether oxygens (including phenoxy) is 1. The zero-order chi connectivity index (χ0) is 28.0. The summed E-state index contributed by atoms with van der Waals surface area (Å²) >= 11 is 1.36. The lowest BCUT2D eigenvalue weighted by Gasteiger charge is -2.30. The van der Waals surface area contributed by atoms with Gasteiger partial charge in [-0.05, 0) is 36.1 Å². The van der Waals surface area contributed by atoms with Gasteiger partial charge in [0, 0.05) is 30.2 Å². The van der Waals surface area contributed by atoms with E-state index < -0.39 is 28.3 Å². The van der Waals surface area contributed by atoms with E-state index in [-0.39, 0.29) is 36.9 Å². The molecule has 5 N–H and O–H groups in total. The molecule has 0 fully saturated rings. The molecule has 0 aliphatic heterocycles. The number of H-pyrrole nitrogens is 1. The average molecular weight is 572 g/mol. The number of nitrogens with two attached hydrogens (primary N) is 1. The van der Waals surface area contributed by atoms with E-state index in [0.717, 1.165) is 15.8 Å². The molecule has 0 saturated carbocycles. The number of aliphatic hydroxyl groups is 1. The van der Waals surface area contributed by atoms with Gasteiger partial charge < -0.3 is 25.9 Å². The molecule has 0 aliphatic carbocycles. The first-order valence-electron chi connectivity index (χ1n) is 12.5. The second-order valence-electron chi connectivity index (χ2n) is 9.74. The van der Waals surface area contributed by atoms with Crippen molar-refractivity contribution in [2.75, 3.05) is 18.8 Å². The number of amides is 1. The summed E-state index contributed by atoms with van der Waals surface area (Å²) in [5, 5.41) is 14.9. The Bertz CT molecular complexity index is 1470. The first-order valence-corrected chi connectivity index (χ1v) is 14.8. The van der Waals surface area contributed by atoms with Gasteiger partial charge in [-0.25, -0.2) is 13.2 Å². The SMILES string of the molecule is CC(C)CN(C[C@H](O)[C@@H](Cc1ccccc1)NC(=O)OCc1cncs1)S(=O)(=O)c1ccc2cc(N)[nH]c2c1. The fourth-order valence-electron chi connectivity index (χ4n) is 4.25. The van der Waals surface area contributed by atoms with E-state index in [9.17, 15) is 18.3 Å². The predicted molar refractivity (Wildman–Crippen MR) is 152 cm³/mol. The maximum Gasteiger partial charge on any atom is 0.407 e. The van der Waals surface area contributed by atoms with Crippen molar-refractivity contribution in [3.05, 3.63) is 76.7 Å². The number of rotatable bonds is 12. The van der Waals surface area contributed by atoms with Crippen LogP contribution in [0, 0.1) is 5.92 Å². The molecule has 2 heterocycles. The summed E-state index contributed by atoms with van der Waals surface area (Å²) < 4.78 is 34.1. The van der Waals surface area contributed by atoms with Crippen LogP contribution in [0.4, 0.5) is 10.6 Å². The number of nitrogens with one attached hydrogen (secondary N) is 2. The first-order chi connectivity index (χ1) is 18.6. The third-order valence-electron chi connectivity index (χ3n) is 6.11. The van der Waals surface area contributed by atoms with Gasteiger partial charge in [0.25, 0.3) is 0 Å². The van der Waals surface area contributed by atoms with E-state index in [0.29, 0.717) is 11.3 Å². The highest BCUT2D eigenvalue weighted by atomic mass is 32.2. The van der Waals surface area contributed by atoms with Gasteiger partial charge in [-0.15, -0.1) is 11.3 Å². The number of alkyl carbamates (subject to hydrolysis) is 1. The van der Waals surface area contributed by atoms with Crippen LogP contribution < -0.4 is 11.1 Å². The molecule has 208 valence electrons. The van der Waals surface area contributed by atoms with Gasteiger partial charge in [-0.1, -0.05) is 50.2 Å². The molecule has 0 bridgehead atoms. The number of aromatic nitrogens is 2. The number of anilines is 1. The predicted octanol–water partition coefficient (Wildman–Crippen LogP) is 3.75. The fraction of sp³-hybridized carbons (Fsp3) is 0.333. The van der Waals surface area contributed by atoms with Crippen LogP contribution in [0.3, 0.4) is 0 Å². The Morgan fingerprint density at radius 3 is 2.64 bits per heavy atom. The third-order valence-corrected chi connectivity index (χ3v) is 8.69. The fourth-order valence-corrected chi connectivity index (χ4v) is 6.40. The van der Waals surface area contributed by atoms with Crippen molar-refractivity contribution in [1.29, 1.82) is 0 Å². The summed E-state index contributed by atoms with van der Waals surface area (Å²) in [5.41, 5.74) is 8.95. The number of fused-ring (bicyclic) bond motifs is 1.